The molecule has 5 nitrogen and oxygen atoms in total. The van der Waals surface area contributed by atoms with Crippen molar-refractivity contribution in [3.63, 3.8) is 0 Å². The largest absolute Gasteiger partial charge is 0.481 e. The highest BCUT2D eigenvalue weighted by Gasteiger charge is 2.58. The maximum absolute atomic E-state index is 10.7. The van der Waals surface area contributed by atoms with E-state index >= 15 is 0 Å². The molecule has 1 aliphatic carbocycles. The van der Waals surface area contributed by atoms with E-state index in [1.807, 2.05) is 6.92 Å². The summed E-state index contributed by atoms with van der Waals surface area (Å²) in [6.45, 7) is 1.95. The molecule has 0 heterocycles. The highest BCUT2D eigenvalue weighted by Crippen LogP contribution is 2.50. The second-order valence-electron chi connectivity index (χ2n) is 3.76. The lowest BCUT2D eigenvalue weighted by molar-refractivity contribution is -0.140. The fourth-order valence-electron chi connectivity index (χ4n) is 2.11. The number of nitrogens with two attached hydrogens (primary N) is 1. The van der Waals surface area contributed by atoms with Crippen LogP contribution in [0.15, 0.2) is 0 Å². The SMILES string of the molecule is CCCC1C(C(=O)O)C1C(N)C(=O)O. The molecule has 5 heteroatoms. The monoisotopic (exact) mass is 201 g/mol. The van der Waals surface area contributed by atoms with Gasteiger partial charge in [0.05, 0.1) is 5.92 Å². The van der Waals surface area contributed by atoms with Gasteiger partial charge >= 0.3 is 11.9 Å². The molecule has 1 aliphatic rings. The molecule has 0 aromatic carbocycles. The summed E-state index contributed by atoms with van der Waals surface area (Å²) in [5, 5.41) is 17.5. The first-order chi connectivity index (χ1) is 6.50. The molecule has 0 radical (unpaired) electrons. The zero-order chi connectivity index (χ0) is 10.9. The summed E-state index contributed by atoms with van der Waals surface area (Å²) < 4.78 is 0. The highest BCUT2D eigenvalue weighted by atomic mass is 16.4. The van der Waals surface area contributed by atoms with E-state index in [1.165, 1.54) is 0 Å². The lowest BCUT2D eigenvalue weighted by Crippen LogP contribution is -2.34. The normalized spacial score (nSPS) is 32.3. The van der Waals surface area contributed by atoms with Gasteiger partial charge in [-0.2, -0.15) is 0 Å². The fourth-order valence-corrected chi connectivity index (χ4v) is 2.11. The van der Waals surface area contributed by atoms with Crippen LogP contribution in [0.3, 0.4) is 0 Å². The van der Waals surface area contributed by atoms with E-state index in [9.17, 15) is 9.59 Å². The van der Waals surface area contributed by atoms with Gasteiger partial charge in [-0.15, -0.1) is 0 Å². The Kier molecular flexibility index (Phi) is 3.10. The molecule has 1 rings (SSSR count). The van der Waals surface area contributed by atoms with E-state index in [0.717, 1.165) is 12.8 Å². The van der Waals surface area contributed by atoms with Gasteiger partial charge in [-0.1, -0.05) is 13.3 Å². The van der Waals surface area contributed by atoms with Crippen molar-refractivity contribution in [2.75, 3.05) is 0 Å². The van der Waals surface area contributed by atoms with Gasteiger partial charge in [0, 0.05) is 5.92 Å². The lowest BCUT2D eigenvalue weighted by Gasteiger charge is -2.03. The second kappa shape index (κ2) is 3.96. The molecule has 4 N–H and O–H groups in total. The molecule has 0 aromatic rings. The van der Waals surface area contributed by atoms with Crippen LogP contribution in [0, 0.1) is 17.8 Å². The Bertz CT molecular complexity index is 253. The molecule has 1 fully saturated rings. The fraction of sp³-hybridized carbons (Fsp3) is 0.778. The van der Waals surface area contributed by atoms with Gasteiger partial charge in [0.15, 0.2) is 0 Å². The third-order valence-corrected chi connectivity index (χ3v) is 2.84. The summed E-state index contributed by atoms with van der Waals surface area (Å²) >= 11 is 0. The van der Waals surface area contributed by atoms with Crippen molar-refractivity contribution in [3.8, 4) is 0 Å². The minimum absolute atomic E-state index is 0.0522. The zero-order valence-electron chi connectivity index (χ0n) is 8.01. The first kappa shape index (κ1) is 11.0. The average molecular weight is 201 g/mol. The predicted octanol–water partition coefficient (Wildman–Crippen LogP) is 0.145. The molecular weight excluding hydrogens is 186 g/mol. The molecule has 4 unspecified atom stereocenters. The number of carboxylic acids is 2. The van der Waals surface area contributed by atoms with Crippen molar-refractivity contribution in [2.45, 2.75) is 25.8 Å². The highest BCUT2D eigenvalue weighted by molar-refractivity contribution is 5.80. The van der Waals surface area contributed by atoms with Crippen LogP contribution in [-0.4, -0.2) is 28.2 Å². The van der Waals surface area contributed by atoms with Gasteiger partial charge in [-0.3, -0.25) is 9.59 Å². The molecule has 0 saturated heterocycles. The third kappa shape index (κ3) is 1.87. The summed E-state index contributed by atoms with van der Waals surface area (Å²) in [6.07, 6.45) is 1.60. The van der Waals surface area contributed by atoms with Crippen molar-refractivity contribution in [1.82, 2.24) is 0 Å². The van der Waals surface area contributed by atoms with Gasteiger partial charge < -0.3 is 15.9 Å². The Morgan fingerprint density at radius 3 is 2.36 bits per heavy atom. The molecule has 14 heavy (non-hydrogen) atoms. The average Bonchev–Trinajstić information content (AvgIpc) is 2.78. The van der Waals surface area contributed by atoms with Crippen LogP contribution >= 0.6 is 0 Å². The Labute approximate surface area is 81.9 Å². The van der Waals surface area contributed by atoms with Crippen LogP contribution in [0.2, 0.25) is 0 Å². The summed E-state index contributed by atoms with van der Waals surface area (Å²) in [5.41, 5.74) is 5.41. The standard InChI is InChI=1S/C9H15NO4/c1-2-3-4-5(6(4)8(11)12)7(10)9(13)14/h4-7H,2-3,10H2,1H3,(H,11,12)(H,13,14). The molecule has 0 aliphatic heterocycles. The molecule has 4 atom stereocenters. The molecule has 0 aromatic heterocycles. The van der Waals surface area contributed by atoms with Gasteiger partial charge in [0.1, 0.15) is 6.04 Å². The van der Waals surface area contributed by atoms with Gasteiger partial charge in [0.2, 0.25) is 0 Å². The van der Waals surface area contributed by atoms with Gasteiger partial charge in [-0.25, -0.2) is 0 Å². The van der Waals surface area contributed by atoms with Crippen LogP contribution in [-0.2, 0) is 9.59 Å². The smallest absolute Gasteiger partial charge is 0.320 e. The van der Waals surface area contributed by atoms with E-state index in [4.69, 9.17) is 15.9 Å². The van der Waals surface area contributed by atoms with E-state index < -0.39 is 23.9 Å². The van der Waals surface area contributed by atoms with Crippen LogP contribution in [0.25, 0.3) is 0 Å². The second-order valence-corrected chi connectivity index (χ2v) is 3.76. The molecule has 1 saturated carbocycles. The number of rotatable bonds is 5. The topological polar surface area (TPSA) is 101 Å². The number of carboxylic acid groups (broad SMARTS) is 2. The third-order valence-electron chi connectivity index (χ3n) is 2.84. The molecule has 80 valence electrons. The predicted molar refractivity (Wildman–Crippen MR) is 48.6 cm³/mol. The van der Waals surface area contributed by atoms with Gasteiger partial charge in [0.25, 0.3) is 0 Å². The van der Waals surface area contributed by atoms with Crippen molar-refractivity contribution in [1.29, 1.82) is 0 Å². The van der Waals surface area contributed by atoms with E-state index in [-0.39, 0.29) is 11.8 Å². The van der Waals surface area contributed by atoms with E-state index in [1.54, 1.807) is 0 Å². The van der Waals surface area contributed by atoms with Crippen LogP contribution in [0.5, 0.6) is 0 Å². The lowest BCUT2D eigenvalue weighted by atomic mass is 10.1. The first-order valence-corrected chi connectivity index (χ1v) is 4.71. The van der Waals surface area contributed by atoms with Crippen LogP contribution in [0.4, 0.5) is 0 Å². The quantitative estimate of drug-likeness (QED) is 0.587. The minimum atomic E-state index is -1.11. The van der Waals surface area contributed by atoms with Crippen molar-refractivity contribution in [2.24, 2.45) is 23.5 Å². The Hall–Kier alpha value is -1.10. The number of carbonyl (C=O) groups is 2. The summed E-state index contributed by atoms with van der Waals surface area (Å²) in [6, 6.07) is -1.03. The molecule has 0 amide bonds. The minimum Gasteiger partial charge on any atom is -0.481 e. The van der Waals surface area contributed by atoms with E-state index in [2.05, 4.69) is 0 Å². The Balaban J connectivity index is 2.62. The summed E-state index contributed by atoms with van der Waals surface area (Å²) in [5.74, 6) is -3.03. The molecule has 0 spiro atoms. The Morgan fingerprint density at radius 2 is 2.00 bits per heavy atom. The molecular formula is C9H15NO4. The van der Waals surface area contributed by atoms with Gasteiger partial charge in [-0.05, 0) is 12.3 Å². The Morgan fingerprint density at radius 1 is 1.43 bits per heavy atom. The molecule has 0 bridgehead atoms. The zero-order valence-corrected chi connectivity index (χ0v) is 8.01. The van der Waals surface area contributed by atoms with Crippen molar-refractivity contribution < 1.29 is 19.8 Å². The number of hydrogen-bond donors (Lipinski definition) is 3. The first-order valence-electron chi connectivity index (χ1n) is 4.71. The summed E-state index contributed by atoms with van der Waals surface area (Å²) in [4.78, 5) is 21.3. The van der Waals surface area contributed by atoms with Crippen LogP contribution in [0.1, 0.15) is 19.8 Å². The van der Waals surface area contributed by atoms with Crippen LogP contribution < -0.4 is 5.73 Å². The maximum Gasteiger partial charge on any atom is 0.320 e. The van der Waals surface area contributed by atoms with Crippen molar-refractivity contribution in [3.05, 3.63) is 0 Å². The van der Waals surface area contributed by atoms with E-state index in [0.29, 0.717) is 0 Å². The number of aliphatic carboxylic acids is 2. The van der Waals surface area contributed by atoms with Crippen molar-refractivity contribution >= 4 is 11.9 Å². The summed E-state index contributed by atoms with van der Waals surface area (Å²) in [7, 11) is 0. The number of hydrogen-bond acceptors (Lipinski definition) is 3. The maximum atomic E-state index is 10.7.